The minimum absolute atomic E-state index is 0.190. The smallest absolute Gasteiger partial charge is 0.325 e. The van der Waals surface area contributed by atoms with E-state index in [0.717, 1.165) is 12.0 Å². The fourth-order valence-electron chi connectivity index (χ4n) is 1.35. The van der Waals surface area contributed by atoms with Gasteiger partial charge in [-0.05, 0) is 31.0 Å². The van der Waals surface area contributed by atoms with Crippen LogP contribution in [0.4, 0.5) is 0 Å². The van der Waals surface area contributed by atoms with Crippen LogP contribution in [0.25, 0.3) is 0 Å². The van der Waals surface area contributed by atoms with Gasteiger partial charge in [0.05, 0.1) is 0 Å². The van der Waals surface area contributed by atoms with Gasteiger partial charge in [-0.25, -0.2) is 0 Å². The maximum absolute atomic E-state index is 11.4. The van der Waals surface area contributed by atoms with Crippen LogP contribution in [0.1, 0.15) is 19.4 Å². The van der Waals surface area contributed by atoms with Crippen molar-refractivity contribution >= 4 is 11.9 Å². The summed E-state index contributed by atoms with van der Waals surface area (Å²) in [5.41, 5.74) is 1.12. The normalized spacial score (nSPS) is 11.7. The summed E-state index contributed by atoms with van der Waals surface area (Å²) in [5, 5.41) is 10.9. The Morgan fingerprint density at radius 1 is 1.44 bits per heavy atom. The van der Waals surface area contributed by atoms with Crippen LogP contribution in [0.3, 0.4) is 0 Å². The highest BCUT2D eigenvalue weighted by Gasteiger charge is 2.13. The molecule has 1 amide bonds. The predicted octanol–water partition coefficient (Wildman–Crippen LogP) is 1.22. The first-order valence-electron chi connectivity index (χ1n) is 5.76. The summed E-state index contributed by atoms with van der Waals surface area (Å²) in [6.45, 7) is 3.24. The number of carbonyl (C=O) groups is 2. The molecule has 0 aliphatic rings. The Bertz CT molecular complexity index is 431. The van der Waals surface area contributed by atoms with Crippen molar-refractivity contribution in [1.82, 2.24) is 5.32 Å². The van der Waals surface area contributed by atoms with Crippen LogP contribution in [0, 0.1) is 0 Å². The highest BCUT2D eigenvalue weighted by molar-refractivity contribution is 5.84. The number of hydrogen-bond donors (Lipinski definition) is 2. The first-order valence-corrected chi connectivity index (χ1v) is 5.76. The molecule has 0 fully saturated rings. The maximum atomic E-state index is 11.4. The zero-order chi connectivity index (χ0) is 13.5. The van der Waals surface area contributed by atoms with Gasteiger partial charge in [0.2, 0.25) is 0 Å². The van der Waals surface area contributed by atoms with Gasteiger partial charge in [-0.2, -0.15) is 0 Å². The number of nitrogens with one attached hydrogen (secondary N) is 1. The van der Waals surface area contributed by atoms with Gasteiger partial charge >= 0.3 is 5.97 Å². The Balaban J connectivity index is 2.44. The van der Waals surface area contributed by atoms with Crippen LogP contribution in [0.15, 0.2) is 24.3 Å². The van der Waals surface area contributed by atoms with Crippen molar-refractivity contribution in [3.8, 4) is 5.75 Å². The summed E-state index contributed by atoms with van der Waals surface area (Å²) in [5.74, 6) is -0.921. The molecule has 5 heteroatoms. The van der Waals surface area contributed by atoms with E-state index in [1.807, 2.05) is 25.1 Å². The second kappa shape index (κ2) is 6.64. The Kier molecular flexibility index (Phi) is 5.17. The molecule has 0 bridgehead atoms. The molecule has 98 valence electrons. The predicted molar refractivity (Wildman–Crippen MR) is 66.6 cm³/mol. The van der Waals surface area contributed by atoms with Crippen LogP contribution < -0.4 is 10.1 Å². The fraction of sp³-hybridized carbons (Fsp3) is 0.385. The number of carboxylic acid groups (broad SMARTS) is 1. The standard InChI is InChI=1S/C13H17NO4/c1-3-10-5-4-6-11(7-10)18-8-12(15)14-9(2)13(16)17/h4-7,9H,3,8H2,1-2H3,(H,14,15)(H,16,17)/t9-/m1/s1. The van der Waals surface area contributed by atoms with Crippen molar-refractivity contribution < 1.29 is 19.4 Å². The van der Waals surface area contributed by atoms with Gasteiger partial charge in [0.15, 0.2) is 6.61 Å². The molecular weight excluding hydrogens is 234 g/mol. The average molecular weight is 251 g/mol. The van der Waals surface area contributed by atoms with Crippen LogP contribution in [0.2, 0.25) is 0 Å². The summed E-state index contributed by atoms with van der Waals surface area (Å²) in [6, 6.07) is 6.52. The molecule has 18 heavy (non-hydrogen) atoms. The lowest BCUT2D eigenvalue weighted by molar-refractivity contribution is -0.141. The molecule has 0 saturated carbocycles. The zero-order valence-corrected chi connectivity index (χ0v) is 10.5. The topological polar surface area (TPSA) is 75.6 Å². The average Bonchev–Trinajstić information content (AvgIpc) is 2.36. The molecule has 0 aliphatic heterocycles. The summed E-state index contributed by atoms with van der Waals surface area (Å²) in [7, 11) is 0. The third-order valence-corrected chi connectivity index (χ3v) is 2.42. The SMILES string of the molecule is CCc1cccc(OCC(=O)N[C@H](C)C(=O)O)c1. The van der Waals surface area contributed by atoms with E-state index >= 15 is 0 Å². The number of amides is 1. The summed E-state index contributed by atoms with van der Waals surface area (Å²) >= 11 is 0. The molecule has 1 aromatic rings. The second-order valence-electron chi connectivity index (χ2n) is 3.92. The van der Waals surface area contributed by atoms with Crippen molar-refractivity contribution in [3.63, 3.8) is 0 Å². The van der Waals surface area contributed by atoms with E-state index in [0.29, 0.717) is 5.75 Å². The minimum Gasteiger partial charge on any atom is -0.484 e. The van der Waals surface area contributed by atoms with Crippen molar-refractivity contribution in [1.29, 1.82) is 0 Å². The molecule has 0 radical (unpaired) electrons. The lowest BCUT2D eigenvalue weighted by Crippen LogP contribution is -2.40. The lowest BCUT2D eigenvalue weighted by Gasteiger charge is -2.10. The second-order valence-corrected chi connectivity index (χ2v) is 3.92. The van der Waals surface area contributed by atoms with E-state index in [9.17, 15) is 9.59 Å². The molecule has 2 N–H and O–H groups in total. The highest BCUT2D eigenvalue weighted by atomic mass is 16.5. The Hall–Kier alpha value is -2.04. The summed E-state index contributed by atoms with van der Waals surface area (Å²) in [6.07, 6.45) is 0.888. The van der Waals surface area contributed by atoms with E-state index in [1.54, 1.807) is 6.07 Å². The monoisotopic (exact) mass is 251 g/mol. The highest BCUT2D eigenvalue weighted by Crippen LogP contribution is 2.13. The van der Waals surface area contributed by atoms with Gasteiger partial charge in [0, 0.05) is 0 Å². The molecule has 0 heterocycles. The number of benzene rings is 1. The molecule has 0 aromatic heterocycles. The molecule has 1 aromatic carbocycles. The van der Waals surface area contributed by atoms with Gasteiger partial charge in [-0.1, -0.05) is 19.1 Å². The van der Waals surface area contributed by atoms with E-state index in [1.165, 1.54) is 6.92 Å². The van der Waals surface area contributed by atoms with Crippen LogP contribution in [-0.4, -0.2) is 29.6 Å². The number of aryl methyl sites for hydroxylation is 1. The maximum Gasteiger partial charge on any atom is 0.325 e. The van der Waals surface area contributed by atoms with E-state index < -0.39 is 17.9 Å². The van der Waals surface area contributed by atoms with Gasteiger partial charge in [-0.3, -0.25) is 9.59 Å². The molecule has 0 saturated heterocycles. The number of rotatable bonds is 6. The third kappa shape index (κ3) is 4.45. The number of hydrogen-bond acceptors (Lipinski definition) is 3. The van der Waals surface area contributed by atoms with E-state index in [4.69, 9.17) is 9.84 Å². The number of carbonyl (C=O) groups excluding carboxylic acids is 1. The molecule has 0 unspecified atom stereocenters. The first-order chi connectivity index (χ1) is 8.52. The Labute approximate surface area is 106 Å². The fourth-order valence-corrected chi connectivity index (χ4v) is 1.35. The van der Waals surface area contributed by atoms with Crippen molar-refractivity contribution in [2.75, 3.05) is 6.61 Å². The summed E-state index contributed by atoms with van der Waals surface area (Å²) < 4.78 is 5.29. The first kappa shape index (κ1) is 14.0. The number of carboxylic acids is 1. The Morgan fingerprint density at radius 3 is 2.78 bits per heavy atom. The molecule has 0 aliphatic carbocycles. The Morgan fingerprint density at radius 2 is 2.17 bits per heavy atom. The van der Waals surface area contributed by atoms with Crippen LogP contribution in [0.5, 0.6) is 5.75 Å². The van der Waals surface area contributed by atoms with Crippen LogP contribution in [-0.2, 0) is 16.0 Å². The van der Waals surface area contributed by atoms with Crippen molar-refractivity contribution in [3.05, 3.63) is 29.8 Å². The number of aliphatic carboxylic acids is 1. The molecule has 5 nitrogen and oxygen atoms in total. The van der Waals surface area contributed by atoms with E-state index in [2.05, 4.69) is 5.32 Å². The molecule has 0 spiro atoms. The largest absolute Gasteiger partial charge is 0.484 e. The third-order valence-electron chi connectivity index (χ3n) is 2.42. The minimum atomic E-state index is -1.07. The van der Waals surface area contributed by atoms with Gasteiger partial charge in [0.25, 0.3) is 5.91 Å². The zero-order valence-electron chi connectivity index (χ0n) is 10.5. The van der Waals surface area contributed by atoms with Crippen molar-refractivity contribution in [2.24, 2.45) is 0 Å². The van der Waals surface area contributed by atoms with Gasteiger partial charge in [-0.15, -0.1) is 0 Å². The molecule has 1 rings (SSSR count). The van der Waals surface area contributed by atoms with Gasteiger partial charge in [0.1, 0.15) is 11.8 Å². The molecular formula is C13H17NO4. The van der Waals surface area contributed by atoms with E-state index in [-0.39, 0.29) is 6.61 Å². The molecule has 1 atom stereocenters. The lowest BCUT2D eigenvalue weighted by atomic mass is 10.2. The van der Waals surface area contributed by atoms with Crippen LogP contribution >= 0.6 is 0 Å². The summed E-state index contributed by atoms with van der Waals surface area (Å²) in [4.78, 5) is 21.9. The van der Waals surface area contributed by atoms with Crippen molar-refractivity contribution in [2.45, 2.75) is 26.3 Å². The quantitative estimate of drug-likeness (QED) is 0.797. The number of ether oxygens (including phenoxy) is 1. The van der Waals surface area contributed by atoms with Gasteiger partial charge < -0.3 is 15.2 Å².